The van der Waals surface area contributed by atoms with Gasteiger partial charge in [-0.25, -0.2) is 0 Å². The average Bonchev–Trinajstić information content (AvgIpc) is 3.06. The van der Waals surface area contributed by atoms with Gasteiger partial charge in [0.25, 0.3) is 0 Å². The highest BCUT2D eigenvalue weighted by Crippen LogP contribution is 2.28. The number of ether oxygens (including phenoxy) is 1. The molecule has 1 atom stereocenters. The van der Waals surface area contributed by atoms with Crippen LogP contribution < -0.4 is 0 Å². The molecule has 0 amide bonds. The number of nitrogens with zero attached hydrogens (tertiary/aromatic N) is 3. The summed E-state index contributed by atoms with van der Waals surface area (Å²) in [6, 6.07) is 0. The maximum atomic E-state index is 5.79. The summed E-state index contributed by atoms with van der Waals surface area (Å²) in [5.74, 6) is 2.45. The molecule has 5 nitrogen and oxygen atoms in total. The first-order valence-electron chi connectivity index (χ1n) is 8.49. The summed E-state index contributed by atoms with van der Waals surface area (Å²) < 4.78 is 11.2. The lowest BCUT2D eigenvalue weighted by atomic mass is 9.85. The molecule has 0 bridgehead atoms. The van der Waals surface area contributed by atoms with Crippen LogP contribution in [0, 0.1) is 5.92 Å². The van der Waals surface area contributed by atoms with Gasteiger partial charge in [-0.1, -0.05) is 18.5 Å². The van der Waals surface area contributed by atoms with Gasteiger partial charge in [-0.2, -0.15) is 4.98 Å². The molecule has 1 aliphatic carbocycles. The zero-order chi connectivity index (χ0) is 14.5. The van der Waals surface area contributed by atoms with Crippen LogP contribution in [0.5, 0.6) is 0 Å². The van der Waals surface area contributed by atoms with Crippen molar-refractivity contribution in [2.24, 2.45) is 5.92 Å². The highest BCUT2D eigenvalue weighted by Gasteiger charge is 2.25. The third kappa shape index (κ3) is 4.27. The fraction of sp³-hybridized carbons (Fsp3) is 0.875. The maximum absolute atomic E-state index is 5.79. The second-order valence-corrected chi connectivity index (χ2v) is 6.48. The number of hydrogen-bond acceptors (Lipinski definition) is 5. The average molecular weight is 293 g/mol. The largest absolute Gasteiger partial charge is 0.377 e. The minimum absolute atomic E-state index is 0.392. The van der Waals surface area contributed by atoms with Crippen molar-refractivity contribution in [1.29, 1.82) is 0 Å². The molecule has 3 rings (SSSR count). The molecule has 1 aliphatic heterocycles. The van der Waals surface area contributed by atoms with Gasteiger partial charge in [-0.05, 0) is 38.0 Å². The van der Waals surface area contributed by atoms with Crippen molar-refractivity contribution in [3.05, 3.63) is 11.7 Å². The molecule has 0 unspecified atom stereocenters. The molecular weight excluding hydrogens is 266 g/mol. The van der Waals surface area contributed by atoms with Crippen molar-refractivity contribution in [3.63, 3.8) is 0 Å². The molecule has 1 aromatic heterocycles. The Morgan fingerprint density at radius 2 is 2.10 bits per heavy atom. The van der Waals surface area contributed by atoms with Gasteiger partial charge in [0, 0.05) is 26.1 Å². The molecule has 1 aromatic rings. The molecule has 1 saturated carbocycles. The Labute approximate surface area is 127 Å². The van der Waals surface area contributed by atoms with Crippen LogP contribution in [0.2, 0.25) is 0 Å². The zero-order valence-corrected chi connectivity index (χ0v) is 13.1. The van der Waals surface area contributed by atoms with E-state index in [4.69, 9.17) is 9.26 Å². The lowest BCUT2D eigenvalue weighted by Crippen LogP contribution is -2.37. The van der Waals surface area contributed by atoms with E-state index in [9.17, 15) is 0 Å². The molecular formula is C16H27N3O2. The topological polar surface area (TPSA) is 51.4 Å². The number of aryl methyl sites for hydroxylation is 1. The fourth-order valence-electron chi connectivity index (χ4n) is 3.19. The Bertz CT molecular complexity index is 425. The van der Waals surface area contributed by atoms with Crippen LogP contribution in [0.3, 0.4) is 0 Å². The summed E-state index contributed by atoms with van der Waals surface area (Å²) >= 11 is 0. The molecule has 118 valence electrons. The summed E-state index contributed by atoms with van der Waals surface area (Å²) in [7, 11) is 0. The summed E-state index contributed by atoms with van der Waals surface area (Å²) in [4.78, 5) is 6.97. The first-order valence-corrected chi connectivity index (χ1v) is 8.49. The summed E-state index contributed by atoms with van der Waals surface area (Å²) in [5.41, 5.74) is 0. The number of hydrogen-bond donors (Lipinski definition) is 0. The molecule has 21 heavy (non-hydrogen) atoms. The van der Waals surface area contributed by atoms with Crippen LogP contribution in [0.25, 0.3) is 0 Å². The van der Waals surface area contributed by atoms with Gasteiger partial charge in [0.1, 0.15) is 0 Å². The Kier molecular flexibility index (Phi) is 5.25. The SMILES string of the molecule is CCCc1noc(CN(CC2CCC2)C[C@H]2CCCO2)n1. The molecule has 0 N–H and O–H groups in total. The zero-order valence-electron chi connectivity index (χ0n) is 13.1. The number of rotatable bonds is 8. The van der Waals surface area contributed by atoms with Crippen molar-refractivity contribution in [2.75, 3.05) is 19.7 Å². The van der Waals surface area contributed by atoms with E-state index >= 15 is 0 Å². The quantitative estimate of drug-likeness (QED) is 0.737. The van der Waals surface area contributed by atoms with E-state index in [-0.39, 0.29) is 0 Å². The van der Waals surface area contributed by atoms with Crippen molar-refractivity contribution in [1.82, 2.24) is 15.0 Å². The van der Waals surface area contributed by atoms with E-state index in [2.05, 4.69) is 22.0 Å². The molecule has 0 radical (unpaired) electrons. The van der Waals surface area contributed by atoms with Crippen molar-refractivity contribution in [2.45, 2.75) is 64.5 Å². The first-order chi connectivity index (χ1) is 10.3. The molecule has 1 saturated heterocycles. The van der Waals surface area contributed by atoms with E-state index in [1.165, 1.54) is 32.1 Å². The van der Waals surface area contributed by atoms with Gasteiger partial charge in [0.05, 0.1) is 12.6 Å². The van der Waals surface area contributed by atoms with E-state index < -0.39 is 0 Å². The first kappa shape index (κ1) is 15.0. The van der Waals surface area contributed by atoms with Crippen LogP contribution in [0.1, 0.15) is 57.2 Å². The van der Waals surface area contributed by atoms with Gasteiger partial charge in [0.15, 0.2) is 5.82 Å². The van der Waals surface area contributed by atoms with Gasteiger partial charge < -0.3 is 9.26 Å². The van der Waals surface area contributed by atoms with Crippen molar-refractivity contribution in [3.8, 4) is 0 Å². The fourth-order valence-corrected chi connectivity index (χ4v) is 3.19. The van der Waals surface area contributed by atoms with E-state index in [1.807, 2.05) is 0 Å². The molecule has 2 heterocycles. The summed E-state index contributed by atoms with van der Waals surface area (Å²) in [5, 5.41) is 4.06. The Morgan fingerprint density at radius 3 is 2.76 bits per heavy atom. The highest BCUT2D eigenvalue weighted by atomic mass is 16.5. The van der Waals surface area contributed by atoms with Gasteiger partial charge in [-0.3, -0.25) is 4.90 Å². The summed E-state index contributed by atoms with van der Waals surface area (Å²) in [6.45, 7) is 5.97. The monoisotopic (exact) mass is 293 g/mol. The standard InChI is InChI=1S/C16H27N3O2/c1-2-5-15-17-16(21-18-15)12-19(10-13-6-3-7-13)11-14-8-4-9-20-14/h13-14H,2-12H2,1H3/t14-/m1/s1. The van der Waals surface area contributed by atoms with E-state index in [1.54, 1.807) is 0 Å². The van der Waals surface area contributed by atoms with Gasteiger partial charge >= 0.3 is 0 Å². The summed E-state index contributed by atoms with van der Waals surface area (Å²) in [6.07, 6.45) is 8.86. The number of aromatic nitrogens is 2. The smallest absolute Gasteiger partial charge is 0.240 e. The van der Waals surface area contributed by atoms with Crippen LogP contribution in [-0.2, 0) is 17.7 Å². The normalized spacial score (nSPS) is 22.9. The highest BCUT2D eigenvalue weighted by molar-refractivity contribution is 4.88. The van der Waals surface area contributed by atoms with Crippen LogP contribution >= 0.6 is 0 Å². The van der Waals surface area contributed by atoms with Crippen LogP contribution in [0.4, 0.5) is 0 Å². The van der Waals surface area contributed by atoms with Crippen LogP contribution in [0.15, 0.2) is 4.52 Å². The predicted octanol–water partition coefficient (Wildman–Crippen LogP) is 2.80. The van der Waals surface area contributed by atoms with E-state index in [0.29, 0.717) is 6.10 Å². The predicted molar refractivity (Wildman–Crippen MR) is 79.9 cm³/mol. The Balaban J connectivity index is 1.56. The van der Waals surface area contributed by atoms with Crippen LogP contribution in [-0.4, -0.2) is 40.8 Å². The van der Waals surface area contributed by atoms with Crippen molar-refractivity contribution >= 4 is 0 Å². The van der Waals surface area contributed by atoms with E-state index in [0.717, 1.165) is 56.7 Å². The third-order valence-corrected chi connectivity index (χ3v) is 4.57. The lowest BCUT2D eigenvalue weighted by molar-refractivity contribution is 0.0538. The minimum Gasteiger partial charge on any atom is -0.377 e. The minimum atomic E-state index is 0.392. The second kappa shape index (κ2) is 7.36. The van der Waals surface area contributed by atoms with Crippen molar-refractivity contribution < 1.29 is 9.26 Å². The van der Waals surface area contributed by atoms with Gasteiger partial charge in [-0.15, -0.1) is 0 Å². The molecule has 0 aromatic carbocycles. The van der Waals surface area contributed by atoms with Gasteiger partial charge in [0.2, 0.25) is 5.89 Å². The maximum Gasteiger partial charge on any atom is 0.240 e. The third-order valence-electron chi connectivity index (χ3n) is 4.57. The second-order valence-electron chi connectivity index (χ2n) is 6.48. The Morgan fingerprint density at radius 1 is 1.19 bits per heavy atom. The molecule has 2 aliphatic rings. The lowest BCUT2D eigenvalue weighted by Gasteiger charge is -2.32. The molecule has 0 spiro atoms. The molecule has 5 heteroatoms. The molecule has 2 fully saturated rings. The Hall–Kier alpha value is -0.940.